The minimum Gasteiger partial charge on any atom is -0.388 e. The lowest BCUT2D eigenvalue weighted by Crippen LogP contribution is -2.21. The predicted molar refractivity (Wildman–Crippen MR) is 84.6 cm³/mol. The van der Waals surface area contributed by atoms with E-state index in [1.807, 2.05) is 31.3 Å². The van der Waals surface area contributed by atoms with Gasteiger partial charge in [-0.05, 0) is 30.8 Å². The highest BCUT2D eigenvalue weighted by molar-refractivity contribution is 7.80. The van der Waals surface area contributed by atoms with Crippen LogP contribution < -0.4 is 5.73 Å². The molecule has 2 N–H and O–H groups in total. The van der Waals surface area contributed by atoms with E-state index in [2.05, 4.69) is 9.88 Å². The Morgan fingerprint density at radius 1 is 1.42 bits per heavy atom. The van der Waals surface area contributed by atoms with Crippen molar-refractivity contribution in [2.75, 3.05) is 7.05 Å². The van der Waals surface area contributed by atoms with Gasteiger partial charge < -0.3 is 5.73 Å². The van der Waals surface area contributed by atoms with Crippen LogP contribution in [0, 0.1) is 0 Å². The molecule has 0 unspecified atom stereocenters. The zero-order valence-electron chi connectivity index (χ0n) is 10.5. The number of halogens is 1. The predicted octanol–water partition coefficient (Wildman–Crippen LogP) is 3.06. The zero-order chi connectivity index (χ0) is 13.8. The molecule has 3 nitrogen and oxygen atoms in total. The maximum absolute atomic E-state index is 5.93. The fourth-order valence-electron chi connectivity index (χ4n) is 1.84. The summed E-state index contributed by atoms with van der Waals surface area (Å²) in [4.78, 5) is 7.98. The Kier molecular flexibility index (Phi) is 4.87. The summed E-state index contributed by atoms with van der Waals surface area (Å²) in [5, 5.41) is 0. The van der Waals surface area contributed by atoms with Gasteiger partial charge in [0.2, 0.25) is 0 Å². The summed E-state index contributed by atoms with van der Waals surface area (Å²) in [5.74, 6) is 0. The monoisotopic (exact) mass is 311 g/mol. The van der Waals surface area contributed by atoms with Crippen LogP contribution in [0.2, 0.25) is 4.34 Å². The normalized spacial score (nSPS) is 10.9. The van der Waals surface area contributed by atoms with Gasteiger partial charge in [-0.15, -0.1) is 11.3 Å². The molecule has 2 aromatic heterocycles. The van der Waals surface area contributed by atoms with E-state index >= 15 is 0 Å². The summed E-state index contributed by atoms with van der Waals surface area (Å²) >= 11 is 12.5. The Balaban J connectivity index is 2.06. The molecule has 0 aromatic carbocycles. The molecule has 0 amide bonds. The maximum Gasteiger partial charge on any atom is 0.123 e. The van der Waals surface area contributed by atoms with Crippen LogP contribution in [0.25, 0.3) is 0 Å². The quantitative estimate of drug-likeness (QED) is 0.862. The number of rotatable bonds is 5. The van der Waals surface area contributed by atoms with E-state index in [0.717, 1.165) is 23.0 Å². The van der Waals surface area contributed by atoms with Crippen LogP contribution >= 0.6 is 35.2 Å². The third-order valence-corrected chi connectivity index (χ3v) is 4.03. The van der Waals surface area contributed by atoms with Gasteiger partial charge in [0.1, 0.15) is 10.7 Å². The number of thiophene rings is 1. The number of nitrogens with zero attached hydrogens (tertiary/aromatic N) is 2. The highest BCUT2D eigenvalue weighted by Gasteiger charge is 2.09. The van der Waals surface area contributed by atoms with Gasteiger partial charge in [-0.2, -0.15) is 0 Å². The molecule has 0 aliphatic heterocycles. The first-order valence-electron chi connectivity index (χ1n) is 5.72. The lowest BCUT2D eigenvalue weighted by molar-refractivity contribution is 0.321. The van der Waals surface area contributed by atoms with Crippen molar-refractivity contribution in [2.24, 2.45) is 5.73 Å². The molecule has 0 saturated heterocycles. The van der Waals surface area contributed by atoms with Crippen LogP contribution in [0.4, 0.5) is 0 Å². The fourth-order valence-corrected chi connectivity index (χ4v) is 3.19. The van der Waals surface area contributed by atoms with Crippen LogP contribution in [0.5, 0.6) is 0 Å². The van der Waals surface area contributed by atoms with E-state index in [0.29, 0.717) is 10.7 Å². The average Bonchev–Trinajstić information content (AvgIpc) is 2.75. The first kappa shape index (κ1) is 14.4. The smallest absolute Gasteiger partial charge is 0.123 e. The molecule has 0 atom stereocenters. The zero-order valence-corrected chi connectivity index (χ0v) is 12.9. The molecule has 0 saturated carbocycles. The van der Waals surface area contributed by atoms with Crippen molar-refractivity contribution in [3.8, 4) is 0 Å². The Hall–Kier alpha value is -1.01. The van der Waals surface area contributed by atoms with Gasteiger partial charge in [0.15, 0.2) is 0 Å². The molecule has 0 fully saturated rings. The molecule has 6 heteroatoms. The van der Waals surface area contributed by atoms with Crippen molar-refractivity contribution in [3.63, 3.8) is 0 Å². The van der Waals surface area contributed by atoms with Crippen molar-refractivity contribution >= 4 is 40.1 Å². The number of hydrogen-bond donors (Lipinski definition) is 1. The molecule has 0 aliphatic rings. The van der Waals surface area contributed by atoms with E-state index < -0.39 is 0 Å². The molecule has 0 aliphatic carbocycles. The second-order valence-electron chi connectivity index (χ2n) is 4.25. The number of pyridine rings is 1. The van der Waals surface area contributed by atoms with Gasteiger partial charge in [-0.3, -0.25) is 9.88 Å². The van der Waals surface area contributed by atoms with Crippen molar-refractivity contribution < 1.29 is 0 Å². The topological polar surface area (TPSA) is 42.2 Å². The number of nitrogens with two attached hydrogens (primary N) is 1. The highest BCUT2D eigenvalue weighted by atomic mass is 35.5. The SMILES string of the molecule is CN(Cc1ccc(Cl)s1)Cc1cccnc1C(N)=S. The van der Waals surface area contributed by atoms with Gasteiger partial charge in [0.05, 0.1) is 4.34 Å². The minimum absolute atomic E-state index is 0.336. The van der Waals surface area contributed by atoms with Crippen LogP contribution in [0.15, 0.2) is 30.5 Å². The van der Waals surface area contributed by atoms with E-state index in [9.17, 15) is 0 Å². The molecule has 0 radical (unpaired) electrons. The molecule has 100 valence electrons. The Labute approximate surface area is 127 Å². The lowest BCUT2D eigenvalue weighted by Gasteiger charge is -2.17. The third-order valence-electron chi connectivity index (χ3n) is 2.62. The molecular weight excluding hydrogens is 298 g/mol. The van der Waals surface area contributed by atoms with Gasteiger partial charge >= 0.3 is 0 Å². The van der Waals surface area contributed by atoms with E-state index in [4.69, 9.17) is 29.6 Å². The highest BCUT2D eigenvalue weighted by Crippen LogP contribution is 2.23. The summed E-state index contributed by atoms with van der Waals surface area (Å²) in [6.45, 7) is 1.58. The summed E-state index contributed by atoms with van der Waals surface area (Å²) in [6.07, 6.45) is 1.71. The molecule has 2 aromatic rings. The maximum atomic E-state index is 5.93. The largest absolute Gasteiger partial charge is 0.388 e. The van der Waals surface area contributed by atoms with Gasteiger partial charge in [0.25, 0.3) is 0 Å². The van der Waals surface area contributed by atoms with E-state index in [1.165, 1.54) is 4.88 Å². The number of thiocarbonyl (C=S) groups is 1. The fraction of sp³-hybridized carbons (Fsp3) is 0.231. The molecule has 2 rings (SSSR count). The van der Waals surface area contributed by atoms with Crippen LogP contribution in [0.3, 0.4) is 0 Å². The molecule has 19 heavy (non-hydrogen) atoms. The first-order chi connectivity index (χ1) is 9.06. The van der Waals surface area contributed by atoms with Crippen molar-refractivity contribution in [3.05, 3.63) is 50.9 Å². The van der Waals surface area contributed by atoms with Crippen molar-refractivity contribution in [1.82, 2.24) is 9.88 Å². The van der Waals surface area contributed by atoms with Gasteiger partial charge in [-0.1, -0.05) is 29.9 Å². The van der Waals surface area contributed by atoms with Crippen LogP contribution in [0.1, 0.15) is 16.1 Å². The Bertz CT molecular complexity index is 583. The molecule has 0 bridgehead atoms. The first-order valence-corrected chi connectivity index (χ1v) is 7.33. The van der Waals surface area contributed by atoms with Crippen molar-refractivity contribution in [1.29, 1.82) is 0 Å². The van der Waals surface area contributed by atoms with Crippen molar-refractivity contribution in [2.45, 2.75) is 13.1 Å². The van der Waals surface area contributed by atoms with E-state index in [1.54, 1.807) is 17.5 Å². The van der Waals surface area contributed by atoms with E-state index in [-0.39, 0.29) is 0 Å². The van der Waals surface area contributed by atoms with Gasteiger partial charge in [-0.25, -0.2) is 0 Å². The second kappa shape index (κ2) is 6.43. The summed E-state index contributed by atoms with van der Waals surface area (Å²) < 4.78 is 0.814. The van der Waals surface area contributed by atoms with Gasteiger partial charge in [0, 0.05) is 24.2 Å². The summed E-state index contributed by atoms with van der Waals surface area (Å²) in [6, 6.07) is 7.85. The summed E-state index contributed by atoms with van der Waals surface area (Å²) in [5.41, 5.74) is 7.43. The molecule has 0 spiro atoms. The Morgan fingerprint density at radius 3 is 2.84 bits per heavy atom. The standard InChI is InChI=1S/C13H14ClN3S2/c1-17(8-10-4-5-11(14)19-10)7-9-3-2-6-16-12(9)13(15)18/h2-6H,7-8H2,1H3,(H2,15,18). The van der Waals surface area contributed by atoms with Crippen LogP contribution in [-0.2, 0) is 13.1 Å². The number of aromatic nitrogens is 1. The molecular formula is C13H14ClN3S2. The Morgan fingerprint density at radius 2 is 2.21 bits per heavy atom. The second-order valence-corrected chi connectivity index (χ2v) is 6.49. The average molecular weight is 312 g/mol. The van der Waals surface area contributed by atoms with Crippen LogP contribution in [-0.4, -0.2) is 21.9 Å². The number of hydrogen-bond acceptors (Lipinski definition) is 4. The molecule has 2 heterocycles. The summed E-state index contributed by atoms with van der Waals surface area (Å²) in [7, 11) is 2.05. The minimum atomic E-state index is 0.336. The lowest BCUT2D eigenvalue weighted by atomic mass is 10.2. The third kappa shape index (κ3) is 3.98.